The van der Waals surface area contributed by atoms with Crippen molar-refractivity contribution in [1.29, 1.82) is 0 Å². The summed E-state index contributed by atoms with van der Waals surface area (Å²) in [5.41, 5.74) is 10.8. The van der Waals surface area contributed by atoms with Gasteiger partial charge in [0.1, 0.15) is 5.75 Å². The fourth-order valence-electron chi connectivity index (χ4n) is 1.19. The van der Waals surface area contributed by atoms with Crippen molar-refractivity contribution in [3.8, 4) is 5.75 Å². The van der Waals surface area contributed by atoms with Crippen LogP contribution >= 0.6 is 12.4 Å². The van der Waals surface area contributed by atoms with Crippen LogP contribution in [0.3, 0.4) is 0 Å². The first-order valence-corrected chi connectivity index (χ1v) is 4.66. The number of hydrogen-bond donors (Lipinski definition) is 2. The lowest BCUT2D eigenvalue weighted by Crippen LogP contribution is -2.20. The van der Waals surface area contributed by atoms with Gasteiger partial charge in [0.15, 0.2) is 6.61 Å². The van der Waals surface area contributed by atoms with Crippen LogP contribution in [0, 0.1) is 0 Å². The van der Waals surface area contributed by atoms with Gasteiger partial charge in [-0.1, -0.05) is 0 Å². The molecule has 0 atom stereocenters. The normalized spacial score (nSPS) is 10.7. The monoisotopic (exact) mass is 284 g/mol. The van der Waals surface area contributed by atoms with Crippen molar-refractivity contribution >= 4 is 18.3 Å². The second-order valence-electron chi connectivity index (χ2n) is 3.29. The SMILES string of the molecule is Cl.NCc1cc(C(N)=O)ccc1OCC(F)(F)F. The highest BCUT2D eigenvalue weighted by molar-refractivity contribution is 5.93. The number of carbonyl (C=O) groups is 1. The van der Waals surface area contributed by atoms with Gasteiger partial charge in [-0.25, -0.2) is 0 Å². The first-order chi connectivity index (χ1) is 7.83. The van der Waals surface area contributed by atoms with Crippen LogP contribution in [-0.4, -0.2) is 18.7 Å². The Balaban J connectivity index is 0.00000289. The van der Waals surface area contributed by atoms with Crippen molar-refractivity contribution in [3.63, 3.8) is 0 Å². The van der Waals surface area contributed by atoms with Crippen LogP contribution in [0.5, 0.6) is 5.75 Å². The Morgan fingerprint density at radius 2 is 1.94 bits per heavy atom. The van der Waals surface area contributed by atoms with E-state index in [-0.39, 0.29) is 30.3 Å². The van der Waals surface area contributed by atoms with Crippen molar-refractivity contribution in [1.82, 2.24) is 0 Å². The van der Waals surface area contributed by atoms with E-state index in [2.05, 4.69) is 4.74 Å². The maximum atomic E-state index is 12.0. The summed E-state index contributed by atoms with van der Waals surface area (Å²) in [5, 5.41) is 0. The zero-order chi connectivity index (χ0) is 13.1. The third kappa shape index (κ3) is 4.80. The summed E-state index contributed by atoms with van der Waals surface area (Å²) in [6.45, 7) is -1.45. The van der Waals surface area contributed by atoms with Gasteiger partial charge < -0.3 is 16.2 Å². The molecule has 1 rings (SSSR count). The van der Waals surface area contributed by atoms with Crippen LogP contribution < -0.4 is 16.2 Å². The molecule has 18 heavy (non-hydrogen) atoms. The zero-order valence-corrected chi connectivity index (χ0v) is 9.98. The van der Waals surface area contributed by atoms with Crippen molar-refractivity contribution in [2.45, 2.75) is 12.7 Å². The molecule has 0 saturated heterocycles. The van der Waals surface area contributed by atoms with E-state index in [9.17, 15) is 18.0 Å². The number of rotatable bonds is 4. The van der Waals surface area contributed by atoms with Gasteiger partial charge in [0.2, 0.25) is 5.91 Å². The van der Waals surface area contributed by atoms with E-state index < -0.39 is 18.7 Å². The highest BCUT2D eigenvalue weighted by atomic mass is 35.5. The molecule has 102 valence electrons. The maximum Gasteiger partial charge on any atom is 0.422 e. The van der Waals surface area contributed by atoms with Gasteiger partial charge >= 0.3 is 6.18 Å². The number of alkyl halides is 3. The lowest BCUT2D eigenvalue weighted by molar-refractivity contribution is -0.153. The summed E-state index contributed by atoms with van der Waals surface area (Å²) < 4.78 is 40.4. The molecule has 1 aromatic rings. The standard InChI is InChI=1S/C10H11F3N2O2.ClH/c11-10(12,13)5-17-8-2-1-6(9(15)16)3-7(8)4-14;/h1-3H,4-5,14H2,(H2,15,16);1H. The smallest absolute Gasteiger partial charge is 0.422 e. The molecule has 8 heteroatoms. The van der Waals surface area contributed by atoms with Gasteiger partial charge in [-0.3, -0.25) is 4.79 Å². The first kappa shape index (κ1) is 16.5. The molecule has 0 spiro atoms. The van der Waals surface area contributed by atoms with Crippen molar-refractivity contribution in [2.75, 3.05) is 6.61 Å². The molecule has 0 aromatic heterocycles. The van der Waals surface area contributed by atoms with Crippen LogP contribution in [-0.2, 0) is 6.54 Å². The van der Waals surface area contributed by atoms with E-state index in [0.29, 0.717) is 5.56 Å². The fraction of sp³-hybridized carbons (Fsp3) is 0.300. The second kappa shape index (κ2) is 6.46. The Morgan fingerprint density at radius 1 is 1.33 bits per heavy atom. The van der Waals surface area contributed by atoms with Crippen molar-refractivity contribution in [2.24, 2.45) is 11.5 Å². The number of halogens is 4. The van der Waals surface area contributed by atoms with Gasteiger partial charge in [-0.05, 0) is 18.2 Å². The van der Waals surface area contributed by atoms with E-state index in [0.717, 1.165) is 0 Å². The lowest BCUT2D eigenvalue weighted by Gasteiger charge is -2.12. The van der Waals surface area contributed by atoms with E-state index in [4.69, 9.17) is 11.5 Å². The topological polar surface area (TPSA) is 78.3 Å². The predicted octanol–water partition coefficient (Wildman–Crippen LogP) is 1.61. The van der Waals surface area contributed by atoms with Crippen LogP contribution in [0.15, 0.2) is 18.2 Å². The van der Waals surface area contributed by atoms with Gasteiger partial charge in [0, 0.05) is 17.7 Å². The molecule has 1 amide bonds. The molecule has 0 aliphatic heterocycles. The third-order valence-electron chi connectivity index (χ3n) is 1.96. The fourth-order valence-corrected chi connectivity index (χ4v) is 1.19. The molecule has 0 fully saturated rings. The zero-order valence-electron chi connectivity index (χ0n) is 9.16. The average Bonchev–Trinajstić information content (AvgIpc) is 2.24. The summed E-state index contributed by atoms with van der Waals surface area (Å²) in [5.74, 6) is -0.683. The minimum absolute atomic E-state index is 0. The maximum absolute atomic E-state index is 12.0. The van der Waals surface area contributed by atoms with E-state index >= 15 is 0 Å². The van der Waals surface area contributed by atoms with Crippen LogP contribution in [0.4, 0.5) is 13.2 Å². The number of benzene rings is 1. The Bertz CT molecular complexity index is 424. The van der Waals surface area contributed by atoms with Crippen LogP contribution in [0.25, 0.3) is 0 Å². The van der Waals surface area contributed by atoms with Crippen LogP contribution in [0.2, 0.25) is 0 Å². The molecular formula is C10H12ClF3N2O2. The number of primary amides is 1. The summed E-state index contributed by atoms with van der Waals surface area (Å²) in [7, 11) is 0. The number of hydrogen-bond acceptors (Lipinski definition) is 3. The Kier molecular flexibility index (Phi) is 5.93. The Hall–Kier alpha value is -1.47. The third-order valence-corrected chi connectivity index (χ3v) is 1.96. The molecule has 1 aromatic carbocycles. The molecule has 0 aliphatic carbocycles. The van der Waals surface area contributed by atoms with E-state index in [1.54, 1.807) is 0 Å². The minimum atomic E-state index is -4.42. The van der Waals surface area contributed by atoms with Gasteiger partial charge in [-0.2, -0.15) is 13.2 Å². The highest BCUT2D eigenvalue weighted by Crippen LogP contribution is 2.23. The van der Waals surface area contributed by atoms with Crippen molar-refractivity contribution < 1.29 is 22.7 Å². The lowest BCUT2D eigenvalue weighted by atomic mass is 10.1. The summed E-state index contributed by atoms with van der Waals surface area (Å²) in [6.07, 6.45) is -4.42. The number of nitrogens with two attached hydrogens (primary N) is 2. The van der Waals surface area contributed by atoms with Crippen LogP contribution in [0.1, 0.15) is 15.9 Å². The number of carbonyl (C=O) groups excluding carboxylic acids is 1. The Labute approximate surface area is 107 Å². The van der Waals surface area contributed by atoms with Gasteiger partial charge in [0.25, 0.3) is 0 Å². The molecular weight excluding hydrogens is 273 g/mol. The summed E-state index contributed by atoms with van der Waals surface area (Å²) >= 11 is 0. The largest absolute Gasteiger partial charge is 0.484 e. The molecule has 0 aliphatic rings. The van der Waals surface area contributed by atoms with E-state index in [1.165, 1.54) is 18.2 Å². The molecule has 0 unspecified atom stereocenters. The quantitative estimate of drug-likeness (QED) is 0.881. The van der Waals surface area contributed by atoms with Gasteiger partial charge in [-0.15, -0.1) is 12.4 Å². The molecule has 0 bridgehead atoms. The van der Waals surface area contributed by atoms with Gasteiger partial charge in [0.05, 0.1) is 0 Å². The highest BCUT2D eigenvalue weighted by Gasteiger charge is 2.28. The molecule has 0 heterocycles. The Morgan fingerprint density at radius 3 is 2.39 bits per heavy atom. The summed E-state index contributed by atoms with van der Waals surface area (Å²) in [6, 6.07) is 3.84. The number of amides is 1. The summed E-state index contributed by atoms with van der Waals surface area (Å²) in [4.78, 5) is 10.9. The second-order valence-corrected chi connectivity index (χ2v) is 3.29. The molecule has 0 radical (unpaired) electrons. The average molecular weight is 285 g/mol. The minimum Gasteiger partial charge on any atom is -0.484 e. The van der Waals surface area contributed by atoms with Crippen molar-refractivity contribution in [3.05, 3.63) is 29.3 Å². The molecule has 4 N–H and O–H groups in total. The predicted molar refractivity (Wildman–Crippen MR) is 61.6 cm³/mol. The number of ether oxygens (including phenoxy) is 1. The first-order valence-electron chi connectivity index (χ1n) is 4.66. The molecule has 4 nitrogen and oxygen atoms in total. The molecule has 0 saturated carbocycles. The van der Waals surface area contributed by atoms with E-state index in [1.807, 2.05) is 0 Å².